The molecule has 4 nitrogen and oxygen atoms in total. The van der Waals surface area contributed by atoms with E-state index in [1.807, 2.05) is 0 Å². The van der Waals surface area contributed by atoms with Crippen LogP contribution in [0.2, 0.25) is 0 Å². The summed E-state index contributed by atoms with van der Waals surface area (Å²) in [7, 11) is 0. The van der Waals surface area contributed by atoms with Gasteiger partial charge >= 0.3 is 0 Å². The molecule has 21 heavy (non-hydrogen) atoms. The molecule has 0 saturated heterocycles. The summed E-state index contributed by atoms with van der Waals surface area (Å²) in [5, 5.41) is 7.12. The quantitative estimate of drug-likeness (QED) is 0.920. The van der Waals surface area contributed by atoms with E-state index in [1.54, 1.807) is 0 Å². The van der Waals surface area contributed by atoms with E-state index in [9.17, 15) is 4.79 Å². The lowest BCUT2D eigenvalue weighted by molar-refractivity contribution is 0.0928. The second kappa shape index (κ2) is 5.02. The highest BCUT2D eigenvalue weighted by Crippen LogP contribution is 2.25. The van der Waals surface area contributed by atoms with Crippen LogP contribution < -0.4 is 5.32 Å². The Morgan fingerprint density at radius 3 is 2.62 bits per heavy atom. The van der Waals surface area contributed by atoms with Crippen molar-refractivity contribution in [2.45, 2.75) is 44.6 Å². The zero-order chi connectivity index (χ0) is 14.2. The standard InChI is InChI=1S/C17H18N2O2/c20-17(16-14-7-3-4-8-15(14)21-19-16)18-13-9-11-5-1-2-6-12(11)10-13/h1-2,5-6,13H,3-4,7-10H2,(H,18,20). The molecule has 0 fully saturated rings. The summed E-state index contributed by atoms with van der Waals surface area (Å²) in [4.78, 5) is 12.5. The van der Waals surface area contributed by atoms with Crippen LogP contribution in [-0.4, -0.2) is 17.1 Å². The van der Waals surface area contributed by atoms with Crippen LogP contribution in [0.3, 0.4) is 0 Å². The van der Waals surface area contributed by atoms with Crippen LogP contribution >= 0.6 is 0 Å². The van der Waals surface area contributed by atoms with Crippen molar-refractivity contribution in [3.63, 3.8) is 0 Å². The monoisotopic (exact) mass is 282 g/mol. The van der Waals surface area contributed by atoms with Crippen LogP contribution in [0, 0.1) is 0 Å². The smallest absolute Gasteiger partial charge is 0.274 e. The lowest BCUT2D eigenvalue weighted by Gasteiger charge is -2.12. The topological polar surface area (TPSA) is 55.1 Å². The van der Waals surface area contributed by atoms with Gasteiger partial charge in [-0.3, -0.25) is 4.79 Å². The number of aryl methyl sites for hydroxylation is 1. The molecule has 1 amide bonds. The summed E-state index contributed by atoms with van der Waals surface area (Å²) >= 11 is 0. The third kappa shape index (κ3) is 2.24. The van der Waals surface area contributed by atoms with Gasteiger partial charge in [-0.1, -0.05) is 29.4 Å². The van der Waals surface area contributed by atoms with E-state index in [-0.39, 0.29) is 11.9 Å². The Balaban J connectivity index is 1.49. The van der Waals surface area contributed by atoms with Gasteiger partial charge in [0.2, 0.25) is 0 Å². The average molecular weight is 282 g/mol. The molecule has 0 bridgehead atoms. The number of carbonyl (C=O) groups is 1. The first-order chi connectivity index (χ1) is 10.3. The van der Waals surface area contributed by atoms with Crippen molar-refractivity contribution in [3.8, 4) is 0 Å². The van der Waals surface area contributed by atoms with Crippen molar-refractivity contribution in [1.29, 1.82) is 0 Å². The Kier molecular flexibility index (Phi) is 3.02. The lowest BCUT2D eigenvalue weighted by atomic mass is 9.96. The molecule has 1 aromatic carbocycles. The molecule has 0 saturated carbocycles. The van der Waals surface area contributed by atoms with Crippen LogP contribution in [0.15, 0.2) is 28.8 Å². The highest BCUT2D eigenvalue weighted by molar-refractivity contribution is 5.94. The van der Waals surface area contributed by atoms with Gasteiger partial charge in [0.15, 0.2) is 5.69 Å². The first-order valence-electron chi connectivity index (χ1n) is 7.66. The van der Waals surface area contributed by atoms with E-state index >= 15 is 0 Å². The predicted molar refractivity (Wildman–Crippen MR) is 78.2 cm³/mol. The van der Waals surface area contributed by atoms with Gasteiger partial charge in [-0.25, -0.2) is 0 Å². The summed E-state index contributed by atoms with van der Waals surface area (Å²) in [6.45, 7) is 0. The molecule has 2 aliphatic rings. The molecule has 0 aliphatic heterocycles. The van der Waals surface area contributed by atoms with Crippen LogP contribution in [0.5, 0.6) is 0 Å². The minimum Gasteiger partial charge on any atom is -0.360 e. The zero-order valence-corrected chi connectivity index (χ0v) is 11.9. The molecule has 0 unspecified atom stereocenters. The van der Waals surface area contributed by atoms with Crippen LogP contribution in [-0.2, 0) is 25.7 Å². The van der Waals surface area contributed by atoms with Gasteiger partial charge < -0.3 is 9.84 Å². The Hall–Kier alpha value is -2.10. The fraction of sp³-hybridized carbons (Fsp3) is 0.412. The van der Waals surface area contributed by atoms with Gasteiger partial charge in [0.1, 0.15) is 5.76 Å². The maximum absolute atomic E-state index is 12.5. The van der Waals surface area contributed by atoms with Crippen molar-refractivity contribution in [2.75, 3.05) is 0 Å². The first kappa shape index (κ1) is 12.6. The average Bonchev–Trinajstić information content (AvgIpc) is 3.10. The normalized spacial score (nSPS) is 17.3. The minimum atomic E-state index is -0.0836. The zero-order valence-electron chi connectivity index (χ0n) is 11.9. The Morgan fingerprint density at radius 1 is 1.14 bits per heavy atom. The maximum atomic E-state index is 12.5. The van der Waals surface area contributed by atoms with E-state index in [0.29, 0.717) is 5.69 Å². The molecule has 4 heteroatoms. The van der Waals surface area contributed by atoms with Crippen LogP contribution in [0.1, 0.15) is 45.8 Å². The van der Waals surface area contributed by atoms with Gasteiger partial charge in [0.05, 0.1) is 0 Å². The molecule has 2 aliphatic carbocycles. The van der Waals surface area contributed by atoms with E-state index in [2.05, 4.69) is 34.7 Å². The van der Waals surface area contributed by atoms with E-state index in [1.165, 1.54) is 11.1 Å². The van der Waals surface area contributed by atoms with E-state index in [0.717, 1.165) is 49.8 Å². The van der Waals surface area contributed by atoms with Gasteiger partial charge in [-0.05, 0) is 43.2 Å². The highest BCUT2D eigenvalue weighted by atomic mass is 16.5. The second-order valence-electron chi connectivity index (χ2n) is 5.99. The van der Waals surface area contributed by atoms with Gasteiger partial charge in [-0.2, -0.15) is 0 Å². The van der Waals surface area contributed by atoms with Gasteiger partial charge in [0.25, 0.3) is 5.91 Å². The van der Waals surface area contributed by atoms with Gasteiger partial charge in [-0.15, -0.1) is 0 Å². The number of hydrogen-bond donors (Lipinski definition) is 1. The predicted octanol–water partition coefficient (Wildman–Crippen LogP) is 2.45. The molecule has 0 spiro atoms. The Morgan fingerprint density at radius 2 is 1.86 bits per heavy atom. The number of nitrogens with one attached hydrogen (secondary N) is 1. The number of aromatic nitrogens is 1. The molecule has 1 N–H and O–H groups in total. The molecule has 4 rings (SSSR count). The summed E-state index contributed by atoms with van der Waals surface area (Å²) in [5.41, 5.74) is 4.20. The number of benzene rings is 1. The molecule has 1 aromatic heterocycles. The third-order valence-electron chi connectivity index (χ3n) is 4.55. The van der Waals surface area contributed by atoms with Crippen molar-refractivity contribution < 1.29 is 9.32 Å². The fourth-order valence-corrected chi connectivity index (χ4v) is 3.48. The van der Waals surface area contributed by atoms with E-state index in [4.69, 9.17) is 4.52 Å². The minimum absolute atomic E-state index is 0.0836. The number of nitrogens with zero attached hydrogens (tertiary/aromatic N) is 1. The largest absolute Gasteiger partial charge is 0.360 e. The second-order valence-corrected chi connectivity index (χ2v) is 5.99. The lowest BCUT2D eigenvalue weighted by Crippen LogP contribution is -2.36. The molecular weight excluding hydrogens is 264 g/mol. The molecule has 0 atom stereocenters. The fourth-order valence-electron chi connectivity index (χ4n) is 3.48. The first-order valence-corrected chi connectivity index (χ1v) is 7.66. The molecule has 0 radical (unpaired) electrons. The van der Waals surface area contributed by atoms with Gasteiger partial charge in [0, 0.05) is 18.0 Å². The number of amides is 1. The maximum Gasteiger partial charge on any atom is 0.274 e. The number of carbonyl (C=O) groups excluding carboxylic acids is 1. The highest BCUT2D eigenvalue weighted by Gasteiger charge is 2.27. The van der Waals surface area contributed by atoms with Crippen LogP contribution in [0.4, 0.5) is 0 Å². The van der Waals surface area contributed by atoms with Crippen molar-refractivity contribution in [1.82, 2.24) is 10.5 Å². The summed E-state index contributed by atoms with van der Waals surface area (Å²) in [5.74, 6) is 0.820. The Bertz CT molecular complexity index is 665. The summed E-state index contributed by atoms with van der Waals surface area (Å²) in [6, 6.07) is 8.55. The molecular formula is C17H18N2O2. The summed E-state index contributed by atoms with van der Waals surface area (Å²) in [6.07, 6.45) is 5.87. The molecule has 2 aromatic rings. The summed E-state index contributed by atoms with van der Waals surface area (Å²) < 4.78 is 5.32. The van der Waals surface area contributed by atoms with E-state index < -0.39 is 0 Å². The number of rotatable bonds is 2. The molecule has 108 valence electrons. The SMILES string of the molecule is O=C(NC1Cc2ccccc2C1)c1noc2c1CCCC2. The number of hydrogen-bond acceptors (Lipinski definition) is 3. The van der Waals surface area contributed by atoms with Crippen LogP contribution in [0.25, 0.3) is 0 Å². The van der Waals surface area contributed by atoms with Crippen molar-refractivity contribution >= 4 is 5.91 Å². The molecule has 1 heterocycles. The van der Waals surface area contributed by atoms with Crippen molar-refractivity contribution in [3.05, 3.63) is 52.4 Å². The van der Waals surface area contributed by atoms with Crippen molar-refractivity contribution in [2.24, 2.45) is 0 Å². The third-order valence-corrected chi connectivity index (χ3v) is 4.55. The number of fused-ring (bicyclic) bond motifs is 2. The Labute approximate surface area is 123 Å².